The lowest BCUT2D eigenvalue weighted by atomic mass is 10.0. The molecule has 1 heterocycles. The molecule has 0 aliphatic carbocycles. The molecule has 0 bridgehead atoms. The number of carbonyl (C=O) groups is 1. The van der Waals surface area contributed by atoms with Gasteiger partial charge in [-0.1, -0.05) is 23.2 Å². The van der Waals surface area contributed by atoms with Gasteiger partial charge in [-0.05, 0) is 58.2 Å². The van der Waals surface area contributed by atoms with Crippen LogP contribution in [-0.2, 0) is 0 Å². The summed E-state index contributed by atoms with van der Waals surface area (Å²) in [5.41, 5.74) is 0.624. The van der Waals surface area contributed by atoms with Crippen molar-refractivity contribution in [2.75, 3.05) is 33.7 Å². The Morgan fingerprint density at radius 1 is 1.30 bits per heavy atom. The molecule has 0 aromatic heterocycles. The van der Waals surface area contributed by atoms with E-state index in [0.29, 0.717) is 28.2 Å². The van der Waals surface area contributed by atoms with Crippen LogP contribution in [-0.4, -0.2) is 55.4 Å². The number of hydrogen-bond acceptors (Lipinski definition) is 3. The number of hydrogen-bond donors (Lipinski definition) is 0. The van der Waals surface area contributed by atoms with Crippen molar-refractivity contribution >= 4 is 29.0 Å². The highest BCUT2D eigenvalue weighted by Gasteiger charge is 2.22. The van der Waals surface area contributed by atoms with Crippen LogP contribution in [0.4, 0.5) is 0 Å². The highest BCUT2D eigenvalue weighted by atomic mass is 35.5. The van der Waals surface area contributed by atoms with Crippen molar-refractivity contribution in [3.8, 4) is 0 Å². The van der Waals surface area contributed by atoms with E-state index in [1.807, 2.05) is 7.05 Å². The van der Waals surface area contributed by atoms with E-state index < -0.39 is 0 Å². The number of nitrogens with zero attached hydrogens (tertiary/aromatic N) is 2. The summed E-state index contributed by atoms with van der Waals surface area (Å²) in [5, 5.41) is 0.909. The van der Waals surface area contributed by atoms with Gasteiger partial charge in [0.05, 0.1) is 16.6 Å². The van der Waals surface area contributed by atoms with Crippen molar-refractivity contribution in [3.05, 3.63) is 33.8 Å². The van der Waals surface area contributed by atoms with Gasteiger partial charge in [-0.15, -0.1) is 0 Å². The molecule has 0 saturated carbocycles. The van der Waals surface area contributed by atoms with Crippen LogP contribution < -0.4 is 0 Å². The van der Waals surface area contributed by atoms with Gasteiger partial charge in [0, 0.05) is 11.6 Å². The zero-order chi connectivity index (χ0) is 14.7. The molecule has 3 nitrogen and oxygen atoms in total. The lowest BCUT2D eigenvalue weighted by Crippen LogP contribution is -2.43. The molecule has 20 heavy (non-hydrogen) atoms. The van der Waals surface area contributed by atoms with Gasteiger partial charge >= 0.3 is 0 Å². The second-order valence-corrected chi connectivity index (χ2v) is 6.32. The summed E-state index contributed by atoms with van der Waals surface area (Å²) in [5.74, 6) is 0.0880. The first kappa shape index (κ1) is 15.8. The monoisotopic (exact) mass is 314 g/mol. The van der Waals surface area contributed by atoms with Gasteiger partial charge in [-0.25, -0.2) is 0 Å². The molecule has 0 N–H and O–H groups in total. The van der Waals surface area contributed by atoms with Crippen LogP contribution >= 0.6 is 23.2 Å². The van der Waals surface area contributed by atoms with Gasteiger partial charge in [-0.2, -0.15) is 0 Å². The molecule has 0 spiro atoms. The fraction of sp³-hybridized carbons (Fsp3) is 0.533. The van der Waals surface area contributed by atoms with Crippen molar-refractivity contribution in [2.24, 2.45) is 0 Å². The van der Waals surface area contributed by atoms with Gasteiger partial charge in [-0.3, -0.25) is 9.69 Å². The average molecular weight is 315 g/mol. The second-order valence-electron chi connectivity index (χ2n) is 5.50. The SMILES string of the molecule is CN1CCC(N(C)CC(=O)c2ccc(Cl)c(Cl)c2)CC1. The molecule has 110 valence electrons. The molecule has 1 aromatic carbocycles. The smallest absolute Gasteiger partial charge is 0.176 e. The number of piperidine rings is 1. The summed E-state index contributed by atoms with van der Waals surface area (Å²) >= 11 is 11.8. The van der Waals surface area contributed by atoms with Crippen LogP contribution in [0.25, 0.3) is 0 Å². The Hall–Kier alpha value is -0.610. The molecule has 1 saturated heterocycles. The van der Waals surface area contributed by atoms with Crippen LogP contribution in [0.5, 0.6) is 0 Å². The molecule has 1 aliphatic heterocycles. The number of rotatable bonds is 4. The maximum Gasteiger partial charge on any atom is 0.176 e. The minimum absolute atomic E-state index is 0.0880. The molecular weight excluding hydrogens is 295 g/mol. The highest BCUT2D eigenvalue weighted by Crippen LogP contribution is 2.23. The summed E-state index contributed by atoms with van der Waals surface area (Å²) in [7, 11) is 4.16. The first-order chi connectivity index (χ1) is 9.47. The van der Waals surface area contributed by atoms with E-state index in [-0.39, 0.29) is 5.78 Å². The number of benzene rings is 1. The molecule has 1 aromatic rings. The van der Waals surface area contributed by atoms with E-state index in [0.717, 1.165) is 25.9 Å². The topological polar surface area (TPSA) is 23.6 Å². The van der Waals surface area contributed by atoms with Crippen LogP contribution in [0.1, 0.15) is 23.2 Å². The van der Waals surface area contributed by atoms with E-state index >= 15 is 0 Å². The molecular formula is C15H20Cl2N2O. The summed E-state index contributed by atoms with van der Waals surface area (Å²) in [4.78, 5) is 16.7. The first-order valence-electron chi connectivity index (χ1n) is 6.84. The zero-order valence-electron chi connectivity index (χ0n) is 11.9. The minimum atomic E-state index is 0.0880. The van der Waals surface area contributed by atoms with Crippen molar-refractivity contribution < 1.29 is 4.79 Å². The molecule has 0 unspecified atom stereocenters. The quantitative estimate of drug-likeness (QED) is 0.797. The van der Waals surface area contributed by atoms with Gasteiger partial charge in [0.1, 0.15) is 0 Å². The van der Waals surface area contributed by atoms with Gasteiger partial charge < -0.3 is 4.90 Å². The predicted octanol–water partition coefficient (Wildman–Crippen LogP) is 3.20. The third kappa shape index (κ3) is 3.95. The first-order valence-corrected chi connectivity index (χ1v) is 7.60. The average Bonchev–Trinajstić information content (AvgIpc) is 2.42. The Bertz CT molecular complexity index is 485. The minimum Gasteiger partial charge on any atom is -0.306 e. The van der Waals surface area contributed by atoms with Gasteiger partial charge in [0.2, 0.25) is 0 Å². The standard InChI is InChI=1S/C15H20Cl2N2O/c1-18-7-5-12(6-8-18)19(2)10-15(20)11-3-4-13(16)14(17)9-11/h3-4,9,12H,5-8,10H2,1-2H3. The van der Waals surface area contributed by atoms with E-state index in [1.165, 1.54) is 0 Å². The van der Waals surface area contributed by atoms with Crippen LogP contribution in [0.3, 0.4) is 0 Å². The van der Waals surface area contributed by atoms with E-state index in [4.69, 9.17) is 23.2 Å². The summed E-state index contributed by atoms with van der Waals surface area (Å²) in [6, 6.07) is 5.54. The van der Waals surface area contributed by atoms with Crippen LogP contribution in [0.15, 0.2) is 18.2 Å². The number of likely N-dealkylation sites (N-methyl/N-ethyl adjacent to an activating group) is 1. The van der Waals surface area contributed by atoms with E-state index in [1.54, 1.807) is 18.2 Å². The van der Waals surface area contributed by atoms with E-state index in [9.17, 15) is 4.79 Å². The van der Waals surface area contributed by atoms with Crippen molar-refractivity contribution in [3.63, 3.8) is 0 Å². The summed E-state index contributed by atoms with van der Waals surface area (Å²) < 4.78 is 0. The second kappa shape index (κ2) is 6.90. The van der Waals surface area contributed by atoms with Crippen molar-refractivity contribution in [1.82, 2.24) is 9.80 Å². The largest absolute Gasteiger partial charge is 0.306 e. The lowest BCUT2D eigenvalue weighted by Gasteiger charge is -2.34. The van der Waals surface area contributed by atoms with E-state index in [2.05, 4.69) is 16.8 Å². The molecule has 0 radical (unpaired) electrons. The van der Waals surface area contributed by atoms with Gasteiger partial charge in [0.15, 0.2) is 5.78 Å². The van der Waals surface area contributed by atoms with Crippen molar-refractivity contribution in [2.45, 2.75) is 18.9 Å². The Kier molecular flexibility index (Phi) is 5.44. The Morgan fingerprint density at radius 2 is 1.95 bits per heavy atom. The third-order valence-electron chi connectivity index (χ3n) is 3.95. The number of carbonyl (C=O) groups excluding carboxylic acids is 1. The Labute approximate surface area is 130 Å². The Morgan fingerprint density at radius 3 is 2.55 bits per heavy atom. The van der Waals surface area contributed by atoms with Crippen LogP contribution in [0, 0.1) is 0 Å². The van der Waals surface area contributed by atoms with Crippen molar-refractivity contribution in [1.29, 1.82) is 0 Å². The Balaban J connectivity index is 1.95. The molecule has 1 fully saturated rings. The summed E-state index contributed by atoms with van der Waals surface area (Å²) in [6.45, 7) is 2.61. The maximum atomic E-state index is 12.3. The molecule has 0 atom stereocenters. The predicted molar refractivity (Wildman–Crippen MR) is 83.9 cm³/mol. The fourth-order valence-corrected chi connectivity index (χ4v) is 2.85. The molecule has 2 rings (SSSR count). The molecule has 5 heteroatoms. The highest BCUT2D eigenvalue weighted by molar-refractivity contribution is 6.42. The zero-order valence-corrected chi connectivity index (χ0v) is 13.4. The third-order valence-corrected chi connectivity index (χ3v) is 4.69. The lowest BCUT2D eigenvalue weighted by molar-refractivity contribution is 0.0871. The van der Waals surface area contributed by atoms with Gasteiger partial charge in [0.25, 0.3) is 0 Å². The summed E-state index contributed by atoms with van der Waals surface area (Å²) in [6.07, 6.45) is 2.23. The number of likely N-dealkylation sites (tertiary alicyclic amines) is 1. The molecule has 0 amide bonds. The molecule has 1 aliphatic rings. The fourth-order valence-electron chi connectivity index (χ4n) is 2.55. The maximum absolute atomic E-state index is 12.3. The number of ketones is 1. The number of halogens is 2. The number of Topliss-reactive ketones (excluding diaryl/α,β-unsaturated/α-hetero) is 1. The van der Waals surface area contributed by atoms with Crippen LogP contribution in [0.2, 0.25) is 10.0 Å². The normalized spacial score (nSPS) is 17.6.